The number of ketones is 1. The first-order chi connectivity index (χ1) is 11.9. The molecule has 0 aliphatic carbocycles. The monoisotopic (exact) mass is 370 g/mol. The minimum atomic E-state index is -2.42. The lowest BCUT2D eigenvalue weighted by atomic mass is 9.86. The smallest absolute Gasteiger partial charge is 0.330 e. The molecule has 1 rings (SSSR count). The second-order valence-corrected chi connectivity index (χ2v) is 5.99. The molecule has 144 valence electrons. The van der Waals surface area contributed by atoms with Gasteiger partial charge in [0, 0.05) is 18.7 Å². The van der Waals surface area contributed by atoms with Crippen LogP contribution in [0.4, 0.5) is 0 Å². The number of nitrogens with one attached hydrogen (secondary N) is 2. The Morgan fingerprint density at radius 1 is 1.23 bits per heavy atom. The number of Topliss-reactive ketones (excluding diaryl/α,β-unsaturated/α-hetero) is 1. The summed E-state index contributed by atoms with van der Waals surface area (Å²) in [4.78, 5) is 49.9. The molecule has 1 aromatic rings. The maximum absolute atomic E-state index is 12.6. The molecule has 0 spiro atoms. The number of aromatic nitrogens is 1. The number of aromatic amines is 1. The van der Waals surface area contributed by atoms with Gasteiger partial charge in [-0.25, -0.2) is 4.79 Å². The first-order valence-electron chi connectivity index (χ1n) is 7.61. The normalized spacial score (nSPS) is 14.3. The average Bonchev–Trinajstić information content (AvgIpc) is 2.80. The fourth-order valence-electron chi connectivity index (χ4n) is 2.50. The molecule has 0 aliphatic rings. The van der Waals surface area contributed by atoms with Crippen LogP contribution in [0.2, 0.25) is 0 Å². The van der Waals surface area contributed by atoms with Crippen molar-refractivity contribution in [3.8, 4) is 5.88 Å². The van der Waals surface area contributed by atoms with Gasteiger partial charge in [-0.1, -0.05) is 0 Å². The average molecular weight is 370 g/mol. The number of aliphatic carboxylic acids is 2. The zero-order valence-corrected chi connectivity index (χ0v) is 14.3. The van der Waals surface area contributed by atoms with Gasteiger partial charge < -0.3 is 37.1 Å². The van der Waals surface area contributed by atoms with E-state index in [2.05, 4.69) is 4.98 Å². The zero-order chi connectivity index (χ0) is 20.2. The summed E-state index contributed by atoms with van der Waals surface area (Å²) < 4.78 is 0. The van der Waals surface area contributed by atoms with Crippen LogP contribution < -0.4 is 16.8 Å². The molecule has 26 heavy (non-hydrogen) atoms. The zero-order valence-electron chi connectivity index (χ0n) is 14.3. The van der Waals surface area contributed by atoms with Crippen molar-refractivity contribution in [3.63, 3.8) is 0 Å². The third-order valence-electron chi connectivity index (χ3n) is 3.92. The minimum absolute atomic E-state index is 0.00665. The maximum atomic E-state index is 12.6. The molecule has 1 heterocycles. The van der Waals surface area contributed by atoms with Crippen LogP contribution in [0.1, 0.15) is 41.4 Å². The van der Waals surface area contributed by atoms with E-state index in [9.17, 15) is 29.4 Å². The van der Waals surface area contributed by atoms with Gasteiger partial charge in [0.15, 0.2) is 17.2 Å². The molecule has 0 bridgehead atoms. The van der Waals surface area contributed by atoms with Crippen LogP contribution in [0, 0.1) is 6.92 Å². The highest BCUT2D eigenvalue weighted by Gasteiger charge is 2.45. The molecular formula is C15H22N4O7. The Morgan fingerprint density at radius 3 is 2.19 bits per heavy atom. The molecule has 0 fully saturated rings. The lowest BCUT2D eigenvalue weighted by molar-refractivity contribution is -0.153. The lowest BCUT2D eigenvalue weighted by Crippen LogP contribution is -2.59. The number of amides is 1. The highest BCUT2D eigenvalue weighted by molar-refractivity contribution is 6.05. The fourth-order valence-corrected chi connectivity index (χ4v) is 2.50. The van der Waals surface area contributed by atoms with Gasteiger partial charge in [-0.15, -0.1) is 0 Å². The molecular weight excluding hydrogens is 348 g/mol. The molecule has 0 radical (unpaired) electrons. The maximum Gasteiger partial charge on any atom is 0.330 e. The topological polar surface area (TPSA) is 209 Å². The van der Waals surface area contributed by atoms with Crippen molar-refractivity contribution in [1.82, 2.24) is 10.3 Å². The van der Waals surface area contributed by atoms with Crippen LogP contribution >= 0.6 is 0 Å². The van der Waals surface area contributed by atoms with Gasteiger partial charge in [-0.05, 0) is 19.4 Å². The van der Waals surface area contributed by atoms with Crippen LogP contribution in [-0.4, -0.2) is 55.5 Å². The molecule has 9 N–H and O–H groups in total. The van der Waals surface area contributed by atoms with E-state index in [1.165, 1.54) is 13.8 Å². The second-order valence-electron chi connectivity index (χ2n) is 5.99. The second kappa shape index (κ2) is 7.97. The summed E-state index contributed by atoms with van der Waals surface area (Å²) in [6, 6.07) is -1.12. The van der Waals surface area contributed by atoms with Crippen LogP contribution in [0.3, 0.4) is 0 Å². The number of carboxylic acid groups (broad SMARTS) is 2. The van der Waals surface area contributed by atoms with E-state index in [4.69, 9.17) is 16.6 Å². The number of hydrogen-bond donors (Lipinski definition) is 7. The standard InChI is InChI=1S/C15H22N4O7/c1-6-8(5-16)18-13(24)11(6)9(20)3-15(14(25)26,4-10(21)22)19-12(23)7(2)17/h7,18,24H,3-5,16-17H2,1-2H3,(H,19,23)(H,21,22)(H,25,26)/t7-,15?/m0/s1. The van der Waals surface area contributed by atoms with Crippen molar-refractivity contribution < 1.29 is 34.5 Å². The van der Waals surface area contributed by atoms with Crippen molar-refractivity contribution >= 4 is 23.6 Å². The van der Waals surface area contributed by atoms with Crippen LogP contribution in [-0.2, 0) is 20.9 Å². The summed E-state index contributed by atoms with van der Waals surface area (Å²) in [5, 5.41) is 30.5. The highest BCUT2D eigenvalue weighted by atomic mass is 16.4. The molecule has 2 atom stereocenters. The number of aromatic hydroxyl groups is 1. The highest BCUT2D eigenvalue weighted by Crippen LogP contribution is 2.28. The molecule has 0 aromatic carbocycles. The summed E-state index contributed by atoms with van der Waals surface area (Å²) in [5.41, 5.74) is 8.90. The van der Waals surface area contributed by atoms with Crippen LogP contribution in [0.5, 0.6) is 5.88 Å². The SMILES string of the molecule is Cc1c(CN)[nH]c(O)c1C(=O)CC(CC(=O)O)(NC(=O)[C@H](C)N)C(=O)O. The van der Waals surface area contributed by atoms with Gasteiger partial charge >= 0.3 is 11.9 Å². The molecule has 11 nitrogen and oxygen atoms in total. The quantitative estimate of drug-likeness (QED) is 0.260. The minimum Gasteiger partial charge on any atom is -0.494 e. The molecule has 1 aromatic heterocycles. The molecule has 0 saturated carbocycles. The van der Waals surface area contributed by atoms with Gasteiger partial charge in [0.2, 0.25) is 5.91 Å². The number of H-pyrrole nitrogens is 1. The predicted octanol–water partition coefficient (Wildman–Crippen LogP) is -1.18. The summed E-state index contributed by atoms with van der Waals surface area (Å²) >= 11 is 0. The number of carboxylic acids is 2. The van der Waals surface area contributed by atoms with E-state index in [0.29, 0.717) is 11.3 Å². The Bertz CT molecular complexity index is 741. The Balaban J connectivity index is 3.33. The van der Waals surface area contributed by atoms with Gasteiger partial charge in [-0.3, -0.25) is 14.4 Å². The van der Waals surface area contributed by atoms with Gasteiger partial charge in [0.05, 0.1) is 18.0 Å². The molecule has 1 amide bonds. The Kier molecular flexibility index (Phi) is 6.48. The summed E-state index contributed by atoms with van der Waals surface area (Å²) in [6.07, 6.45) is -1.95. The Labute approximate surface area is 148 Å². The number of carbonyl (C=O) groups is 4. The third kappa shape index (κ3) is 4.37. The summed E-state index contributed by atoms with van der Waals surface area (Å²) in [5.74, 6) is -5.57. The van der Waals surface area contributed by atoms with Crippen molar-refractivity contribution in [1.29, 1.82) is 0 Å². The van der Waals surface area contributed by atoms with Gasteiger partial charge in [0.25, 0.3) is 0 Å². The molecule has 1 unspecified atom stereocenters. The molecule has 11 heteroatoms. The summed E-state index contributed by atoms with van der Waals surface area (Å²) in [7, 11) is 0. The van der Waals surface area contributed by atoms with E-state index >= 15 is 0 Å². The Hall–Kier alpha value is -2.92. The third-order valence-corrected chi connectivity index (χ3v) is 3.92. The van der Waals surface area contributed by atoms with Crippen molar-refractivity contribution in [2.24, 2.45) is 11.5 Å². The first-order valence-corrected chi connectivity index (χ1v) is 7.61. The number of rotatable bonds is 9. The van der Waals surface area contributed by atoms with Crippen molar-refractivity contribution in [2.45, 2.75) is 44.8 Å². The molecule has 0 saturated heterocycles. The fraction of sp³-hybridized carbons (Fsp3) is 0.467. The van der Waals surface area contributed by atoms with Crippen molar-refractivity contribution in [3.05, 3.63) is 16.8 Å². The van der Waals surface area contributed by atoms with E-state index in [-0.39, 0.29) is 12.1 Å². The van der Waals surface area contributed by atoms with E-state index in [1.807, 2.05) is 5.32 Å². The van der Waals surface area contributed by atoms with E-state index in [0.717, 1.165) is 0 Å². The van der Waals surface area contributed by atoms with Crippen LogP contribution in [0.15, 0.2) is 0 Å². The molecule has 0 aliphatic heterocycles. The summed E-state index contributed by atoms with van der Waals surface area (Å²) in [6.45, 7) is 2.76. The van der Waals surface area contributed by atoms with E-state index in [1.54, 1.807) is 0 Å². The van der Waals surface area contributed by atoms with E-state index < -0.39 is 53.9 Å². The van der Waals surface area contributed by atoms with Crippen molar-refractivity contribution in [2.75, 3.05) is 0 Å². The van der Waals surface area contributed by atoms with Crippen LogP contribution in [0.25, 0.3) is 0 Å². The van der Waals surface area contributed by atoms with Gasteiger partial charge in [0.1, 0.15) is 0 Å². The predicted molar refractivity (Wildman–Crippen MR) is 88.4 cm³/mol. The Morgan fingerprint density at radius 2 is 1.81 bits per heavy atom. The number of hydrogen-bond acceptors (Lipinski definition) is 7. The lowest BCUT2D eigenvalue weighted by Gasteiger charge is -2.29. The van der Waals surface area contributed by atoms with Gasteiger partial charge in [-0.2, -0.15) is 0 Å². The number of nitrogens with two attached hydrogens (primary N) is 2. The first kappa shape index (κ1) is 21.1. The number of carbonyl (C=O) groups excluding carboxylic acids is 2. The largest absolute Gasteiger partial charge is 0.494 e.